The van der Waals surface area contributed by atoms with Crippen LogP contribution in [0, 0.1) is 18.3 Å². The van der Waals surface area contributed by atoms with Gasteiger partial charge >= 0.3 is 0 Å². The summed E-state index contributed by atoms with van der Waals surface area (Å²) >= 11 is 0. The van der Waals surface area contributed by atoms with Crippen molar-refractivity contribution in [2.75, 3.05) is 23.3 Å². The van der Waals surface area contributed by atoms with Gasteiger partial charge in [-0.15, -0.1) is 0 Å². The fraction of sp³-hybridized carbons (Fsp3) is 0.375. The molecule has 0 saturated carbocycles. The van der Waals surface area contributed by atoms with Gasteiger partial charge in [-0.2, -0.15) is 5.26 Å². The molecule has 3 rings (SSSR count). The van der Waals surface area contributed by atoms with Crippen molar-refractivity contribution < 1.29 is 0 Å². The fourth-order valence-corrected chi connectivity index (χ4v) is 2.74. The normalized spacial score (nSPS) is 17.8. The number of rotatable bonds is 3. The SMILES string of the molecule is Cc1ccc(C#N)c(N2CCCC(Nc3ccncn3)C2)n1. The molecule has 1 aliphatic rings. The van der Waals surface area contributed by atoms with Gasteiger partial charge < -0.3 is 10.2 Å². The molecule has 1 saturated heterocycles. The molecule has 2 aromatic rings. The minimum absolute atomic E-state index is 0.289. The molecule has 0 radical (unpaired) electrons. The summed E-state index contributed by atoms with van der Waals surface area (Å²) in [4.78, 5) is 14.9. The van der Waals surface area contributed by atoms with E-state index in [-0.39, 0.29) is 6.04 Å². The molecule has 1 aliphatic heterocycles. The summed E-state index contributed by atoms with van der Waals surface area (Å²) in [6.07, 6.45) is 5.40. The Morgan fingerprint density at radius 3 is 3.05 bits per heavy atom. The van der Waals surface area contributed by atoms with Crippen LogP contribution in [0.5, 0.6) is 0 Å². The van der Waals surface area contributed by atoms with Crippen LogP contribution in [0.1, 0.15) is 24.1 Å². The Balaban J connectivity index is 1.76. The second-order valence-corrected chi connectivity index (χ2v) is 5.46. The van der Waals surface area contributed by atoms with E-state index in [1.807, 2.05) is 25.1 Å². The predicted molar refractivity (Wildman–Crippen MR) is 84.6 cm³/mol. The summed E-state index contributed by atoms with van der Waals surface area (Å²) < 4.78 is 0. The van der Waals surface area contributed by atoms with Crippen molar-refractivity contribution in [2.45, 2.75) is 25.8 Å². The van der Waals surface area contributed by atoms with E-state index in [0.717, 1.165) is 43.3 Å². The zero-order chi connectivity index (χ0) is 15.4. The number of hydrogen-bond donors (Lipinski definition) is 1. The van der Waals surface area contributed by atoms with Crippen LogP contribution in [0.2, 0.25) is 0 Å². The van der Waals surface area contributed by atoms with E-state index in [1.54, 1.807) is 12.5 Å². The molecule has 0 amide bonds. The first-order valence-electron chi connectivity index (χ1n) is 7.41. The summed E-state index contributed by atoms with van der Waals surface area (Å²) in [5.41, 5.74) is 1.56. The second-order valence-electron chi connectivity index (χ2n) is 5.46. The highest BCUT2D eigenvalue weighted by atomic mass is 15.2. The van der Waals surface area contributed by atoms with E-state index in [2.05, 4.69) is 31.2 Å². The monoisotopic (exact) mass is 294 g/mol. The number of nitriles is 1. The van der Waals surface area contributed by atoms with Gasteiger partial charge in [-0.05, 0) is 38.0 Å². The van der Waals surface area contributed by atoms with Crippen molar-refractivity contribution in [3.05, 3.63) is 42.0 Å². The first-order valence-corrected chi connectivity index (χ1v) is 7.41. The summed E-state index contributed by atoms with van der Waals surface area (Å²) in [5, 5.41) is 12.7. The van der Waals surface area contributed by atoms with Crippen LogP contribution < -0.4 is 10.2 Å². The Morgan fingerprint density at radius 1 is 1.36 bits per heavy atom. The number of aromatic nitrogens is 3. The lowest BCUT2D eigenvalue weighted by atomic mass is 10.0. The van der Waals surface area contributed by atoms with Gasteiger partial charge in [0.15, 0.2) is 0 Å². The number of piperidine rings is 1. The number of nitrogens with one attached hydrogen (secondary N) is 1. The van der Waals surface area contributed by atoms with E-state index >= 15 is 0 Å². The zero-order valence-corrected chi connectivity index (χ0v) is 12.5. The molecule has 1 fully saturated rings. The third-order valence-electron chi connectivity index (χ3n) is 3.79. The smallest absolute Gasteiger partial charge is 0.146 e. The first-order chi connectivity index (χ1) is 10.8. The van der Waals surface area contributed by atoms with Gasteiger partial charge in [0.05, 0.1) is 5.56 Å². The third kappa shape index (κ3) is 3.14. The minimum atomic E-state index is 0.289. The van der Waals surface area contributed by atoms with Crippen LogP contribution >= 0.6 is 0 Å². The van der Waals surface area contributed by atoms with Crippen LogP contribution in [0.25, 0.3) is 0 Å². The van der Waals surface area contributed by atoms with E-state index in [1.165, 1.54) is 0 Å². The summed E-state index contributed by atoms with van der Waals surface area (Å²) in [7, 11) is 0. The van der Waals surface area contributed by atoms with Gasteiger partial charge in [-0.3, -0.25) is 0 Å². The second kappa shape index (κ2) is 6.39. The molecule has 0 aliphatic carbocycles. The van der Waals surface area contributed by atoms with Crippen LogP contribution in [0.3, 0.4) is 0 Å². The minimum Gasteiger partial charge on any atom is -0.365 e. The van der Waals surface area contributed by atoms with Crippen LogP contribution in [-0.2, 0) is 0 Å². The van der Waals surface area contributed by atoms with Crippen molar-refractivity contribution in [1.29, 1.82) is 5.26 Å². The Hall–Kier alpha value is -2.68. The quantitative estimate of drug-likeness (QED) is 0.934. The fourth-order valence-electron chi connectivity index (χ4n) is 2.74. The highest BCUT2D eigenvalue weighted by Gasteiger charge is 2.23. The van der Waals surface area contributed by atoms with Crippen molar-refractivity contribution in [2.24, 2.45) is 0 Å². The zero-order valence-electron chi connectivity index (χ0n) is 12.5. The lowest BCUT2D eigenvalue weighted by Crippen LogP contribution is -2.43. The predicted octanol–water partition coefficient (Wildman–Crippen LogP) is 2.13. The Kier molecular flexibility index (Phi) is 4.15. The standard InChI is InChI=1S/C16H18N6/c1-12-4-5-13(9-17)16(20-12)22-8-2-3-14(10-22)21-15-6-7-18-11-19-15/h4-7,11,14H,2-3,8,10H2,1H3,(H,18,19,21). The van der Waals surface area contributed by atoms with Crippen molar-refractivity contribution >= 4 is 11.6 Å². The molecule has 3 heterocycles. The summed E-state index contributed by atoms with van der Waals surface area (Å²) in [6, 6.07) is 8.12. The van der Waals surface area contributed by atoms with Crippen molar-refractivity contribution in [3.63, 3.8) is 0 Å². The van der Waals surface area contributed by atoms with Gasteiger partial charge in [-0.25, -0.2) is 15.0 Å². The van der Waals surface area contributed by atoms with Gasteiger partial charge in [0.2, 0.25) is 0 Å². The highest BCUT2D eigenvalue weighted by Crippen LogP contribution is 2.23. The van der Waals surface area contributed by atoms with Gasteiger partial charge in [0.25, 0.3) is 0 Å². The molecular formula is C16H18N6. The molecule has 0 aromatic carbocycles. The highest BCUT2D eigenvalue weighted by molar-refractivity contribution is 5.55. The number of aryl methyl sites for hydroxylation is 1. The largest absolute Gasteiger partial charge is 0.365 e. The van der Waals surface area contributed by atoms with Gasteiger partial charge in [0.1, 0.15) is 24.0 Å². The third-order valence-corrected chi connectivity index (χ3v) is 3.79. The van der Waals surface area contributed by atoms with E-state index < -0.39 is 0 Å². The maximum Gasteiger partial charge on any atom is 0.146 e. The summed E-state index contributed by atoms with van der Waals surface area (Å²) in [6.45, 7) is 3.69. The average Bonchev–Trinajstić information content (AvgIpc) is 2.56. The summed E-state index contributed by atoms with van der Waals surface area (Å²) in [5.74, 6) is 1.62. The molecule has 1 atom stereocenters. The molecule has 1 N–H and O–H groups in total. The van der Waals surface area contributed by atoms with E-state index in [4.69, 9.17) is 0 Å². The number of anilines is 2. The molecule has 6 heteroatoms. The van der Waals surface area contributed by atoms with Crippen LogP contribution in [0.15, 0.2) is 30.7 Å². The number of hydrogen-bond acceptors (Lipinski definition) is 6. The lowest BCUT2D eigenvalue weighted by Gasteiger charge is -2.34. The molecular weight excluding hydrogens is 276 g/mol. The van der Waals surface area contributed by atoms with Gasteiger partial charge in [0, 0.05) is 31.0 Å². The molecule has 0 bridgehead atoms. The topological polar surface area (TPSA) is 77.7 Å². The van der Waals surface area contributed by atoms with Crippen molar-refractivity contribution in [1.82, 2.24) is 15.0 Å². The Bertz CT molecular complexity index is 679. The molecule has 22 heavy (non-hydrogen) atoms. The van der Waals surface area contributed by atoms with E-state index in [9.17, 15) is 5.26 Å². The lowest BCUT2D eigenvalue weighted by molar-refractivity contribution is 0.525. The average molecular weight is 294 g/mol. The molecule has 112 valence electrons. The Labute approximate surface area is 129 Å². The maximum absolute atomic E-state index is 9.29. The number of pyridine rings is 1. The van der Waals surface area contributed by atoms with Gasteiger partial charge in [-0.1, -0.05) is 0 Å². The number of nitrogens with zero attached hydrogens (tertiary/aromatic N) is 5. The van der Waals surface area contributed by atoms with Crippen molar-refractivity contribution in [3.8, 4) is 6.07 Å². The van der Waals surface area contributed by atoms with Crippen LogP contribution in [0.4, 0.5) is 11.6 Å². The van der Waals surface area contributed by atoms with Crippen LogP contribution in [-0.4, -0.2) is 34.1 Å². The molecule has 0 spiro atoms. The molecule has 2 aromatic heterocycles. The first kappa shape index (κ1) is 14.3. The molecule has 6 nitrogen and oxygen atoms in total. The Morgan fingerprint density at radius 2 is 2.27 bits per heavy atom. The molecule has 1 unspecified atom stereocenters. The van der Waals surface area contributed by atoms with E-state index in [0.29, 0.717) is 5.56 Å². The maximum atomic E-state index is 9.29.